The minimum absolute atomic E-state index is 0.202. The van der Waals surface area contributed by atoms with Crippen molar-refractivity contribution in [2.75, 3.05) is 5.73 Å². The van der Waals surface area contributed by atoms with E-state index in [1.54, 1.807) is 18.5 Å². The first-order chi connectivity index (χ1) is 9.06. The average molecular weight is 259 g/mol. The Morgan fingerprint density at radius 2 is 2.21 bits per heavy atom. The first-order valence-electron chi connectivity index (χ1n) is 5.83. The number of rotatable bonds is 3. The number of pyridine rings is 1. The molecule has 0 saturated heterocycles. The smallest absolute Gasteiger partial charge is 0.251 e. The van der Waals surface area contributed by atoms with Crippen molar-refractivity contribution in [3.63, 3.8) is 0 Å². The monoisotopic (exact) mass is 259 g/mol. The lowest BCUT2D eigenvalue weighted by Gasteiger charge is -2.14. The van der Waals surface area contributed by atoms with Gasteiger partial charge in [0, 0.05) is 23.6 Å². The van der Waals surface area contributed by atoms with E-state index in [9.17, 15) is 9.18 Å². The van der Waals surface area contributed by atoms with Gasteiger partial charge < -0.3 is 11.1 Å². The highest BCUT2D eigenvalue weighted by atomic mass is 19.1. The molecular weight excluding hydrogens is 245 g/mol. The molecule has 4 nitrogen and oxygen atoms in total. The number of anilines is 1. The molecule has 0 aliphatic rings. The Labute approximate surface area is 110 Å². The number of nitrogens with two attached hydrogens (primary N) is 1. The van der Waals surface area contributed by atoms with E-state index in [4.69, 9.17) is 5.73 Å². The molecule has 0 aliphatic heterocycles. The highest BCUT2D eigenvalue weighted by Gasteiger charge is 2.12. The van der Waals surface area contributed by atoms with Crippen molar-refractivity contribution >= 4 is 11.6 Å². The van der Waals surface area contributed by atoms with E-state index in [0.717, 1.165) is 11.6 Å². The number of nitrogen functional groups attached to an aromatic ring is 1. The van der Waals surface area contributed by atoms with E-state index in [1.165, 1.54) is 12.1 Å². The summed E-state index contributed by atoms with van der Waals surface area (Å²) in [4.78, 5) is 16.0. The second kappa shape index (κ2) is 5.48. The van der Waals surface area contributed by atoms with Crippen LogP contribution in [0.15, 0.2) is 42.7 Å². The Hall–Kier alpha value is -2.43. The molecule has 0 aliphatic carbocycles. The second-order valence-electron chi connectivity index (χ2n) is 4.25. The first-order valence-corrected chi connectivity index (χ1v) is 5.83. The molecule has 3 N–H and O–H groups in total. The van der Waals surface area contributed by atoms with Crippen LogP contribution in [-0.2, 0) is 0 Å². The number of hydrogen-bond acceptors (Lipinski definition) is 3. The van der Waals surface area contributed by atoms with Crippen LogP contribution in [-0.4, -0.2) is 10.9 Å². The molecular formula is C14H14FN3O. The van der Waals surface area contributed by atoms with Crippen LogP contribution in [0, 0.1) is 5.82 Å². The molecule has 1 unspecified atom stereocenters. The van der Waals surface area contributed by atoms with Crippen molar-refractivity contribution in [2.24, 2.45) is 0 Å². The van der Waals surface area contributed by atoms with E-state index in [1.807, 2.05) is 13.0 Å². The molecule has 0 saturated carbocycles. The average Bonchev–Trinajstić information content (AvgIpc) is 2.38. The molecule has 0 radical (unpaired) electrons. The summed E-state index contributed by atoms with van der Waals surface area (Å²) >= 11 is 0. The topological polar surface area (TPSA) is 68.0 Å². The highest BCUT2D eigenvalue weighted by molar-refractivity contribution is 5.95. The van der Waals surface area contributed by atoms with Crippen molar-refractivity contribution in [1.82, 2.24) is 10.3 Å². The maximum Gasteiger partial charge on any atom is 0.251 e. The number of hydrogen-bond donors (Lipinski definition) is 2. The Kier molecular flexibility index (Phi) is 3.75. The lowest BCUT2D eigenvalue weighted by atomic mass is 10.1. The van der Waals surface area contributed by atoms with Crippen LogP contribution in [0.1, 0.15) is 28.9 Å². The summed E-state index contributed by atoms with van der Waals surface area (Å²) in [7, 11) is 0. The van der Waals surface area contributed by atoms with Gasteiger partial charge in [-0.15, -0.1) is 0 Å². The zero-order valence-electron chi connectivity index (χ0n) is 10.4. The van der Waals surface area contributed by atoms with Gasteiger partial charge in [0.2, 0.25) is 0 Å². The first kappa shape index (κ1) is 13.0. The maximum atomic E-state index is 13.2. The van der Waals surface area contributed by atoms with Crippen LogP contribution in [0.25, 0.3) is 0 Å². The molecule has 0 spiro atoms. The highest BCUT2D eigenvalue weighted by Crippen LogP contribution is 2.14. The number of carbonyl (C=O) groups excluding carboxylic acids is 1. The summed E-state index contributed by atoms with van der Waals surface area (Å²) in [6.07, 6.45) is 3.33. The summed E-state index contributed by atoms with van der Waals surface area (Å²) in [6.45, 7) is 1.83. The Morgan fingerprint density at radius 1 is 1.42 bits per heavy atom. The second-order valence-corrected chi connectivity index (χ2v) is 4.25. The van der Waals surface area contributed by atoms with Gasteiger partial charge in [-0.05, 0) is 36.8 Å². The third kappa shape index (κ3) is 3.28. The third-order valence-corrected chi connectivity index (χ3v) is 2.71. The van der Waals surface area contributed by atoms with Gasteiger partial charge in [-0.3, -0.25) is 9.78 Å². The van der Waals surface area contributed by atoms with Crippen LogP contribution in [0.5, 0.6) is 0 Å². The van der Waals surface area contributed by atoms with Crippen LogP contribution in [0.3, 0.4) is 0 Å². The summed E-state index contributed by atoms with van der Waals surface area (Å²) in [6, 6.07) is 7.19. The van der Waals surface area contributed by atoms with Gasteiger partial charge in [-0.2, -0.15) is 0 Å². The van der Waals surface area contributed by atoms with Crippen molar-refractivity contribution in [3.05, 3.63) is 59.7 Å². The minimum atomic E-state index is -0.529. The van der Waals surface area contributed by atoms with E-state index in [-0.39, 0.29) is 23.2 Å². The number of aromatic nitrogens is 1. The Balaban J connectivity index is 2.13. The van der Waals surface area contributed by atoms with E-state index < -0.39 is 5.82 Å². The molecule has 2 rings (SSSR count). The summed E-state index contributed by atoms with van der Waals surface area (Å²) in [5, 5.41) is 2.77. The maximum absolute atomic E-state index is 13.2. The van der Waals surface area contributed by atoms with E-state index >= 15 is 0 Å². The SMILES string of the molecule is CC(NC(=O)c1cc(N)cc(F)c1)c1cccnc1. The van der Waals surface area contributed by atoms with Crippen LogP contribution in [0.4, 0.5) is 10.1 Å². The molecule has 5 heteroatoms. The molecule has 1 amide bonds. The summed E-state index contributed by atoms with van der Waals surface area (Å²) < 4.78 is 13.2. The number of nitrogens with zero attached hydrogens (tertiary/aromatic N) is 1. The largest absolute Gasteiger partial charge is 0.399 e. The van der Waals surface area contributed by atoms with Crippen molar-refractivity contribution in [2.45, 2.75) is 13.0 Å². The van der Waals surface area contributed by atoms with E-state index in [0.29, 0.717) is 0 Å². The number of benzene rings is 1. The fraction of sp³-hybridized carbons (Fsp3) is 0.143. The fourth-order valence-corrected chi connectivity index (χ4v) is 1.74. The predicted molar refractivity (Wildman–Crippen MR) is 70.9 cm³/mol. The van der Waals surface area contributed by atoms with Crippen molar-refractivity contribution < 1.29 is 9.18 Å². The lowest BCUT2D eigenvalue weighted by Crippen LogP contribution is -2.26. The summed E-state index contributed by atoms with van der Waals surface area (Å²) in [5.74, 6) is -0.901. The van der Waals surface area contributed by atoms with E-state index in [2.05, 4.69) is 10.3 Å². The van der Waals surface area contributed by atoms with Crippen LogP contribution < -0.4 is 11.1 Å². The Morgan fingerprint density at radius 3 is 2.84 bits per heavy atom. The van der Waals surface area contributed by atoms with Crippen LogP contribution in [0.2, 0.25) is 0 Å². The zero-order chi connectivity index (χ0) is 13.8. The van der Waals surface area contributed by atoms with Crippen LogP contribution >= 0.6 is 0 Å². The predicted octanol–water partition coefficient (Wildman–Crippen LogP) is 2.29. The zero-order valence-corrected chi connectivity index (χ0v) is 10.4. The molecule has 0 bridgehead atoms. The van der Waals surface area contributed by atoms with Gasteiger partial charge in [0.25, 0.3) is 5.91 Å². The van der Waals surface area contributed by atoms with Crippen molar-refractivity contribution in [3.8, 4) is 0 Å². The van der Waals surface area contributed by atoms with Gasteiger partial charge in [-0.1, -0.05) is 6.07 Å². The minimum Gasteiger partial charge on any atom is -0.399 e. The molecule has 1 heterocycles. The Bertz CT molecular complexity index is 566. The fourth-order valence-electron chi connectivity index (χ4n) is 1.74. The molecule has 19 heavy (non-hydrogen) atoms. The standard InChI is InChI=1S/C14H14FN3O/c1-9(10-3-2-4-17-8-10)18-14(19)11-5-12(15)7-13(16)6-11/h2-9H,16H2,1H3,(H,18,19). The van der Waals surface area contributed by atoms with Gasteiger partial charge >= 0.3 is 0 Å². The number of halogens is 1. The number of nitrogens with one attached hydrogen (secondary N) is 1. The molecule has 1 aromatic carbocycles. The van der Waals surface area contributed by atoms with Gasteiger partial charge in [0.15, 0.2) is 0 Å². The normalized spacial score (nSPS) is 11.9. The molecule has 1 atom stereocenters. The molecule has 2 aromatic rings. The van der Waals surface area contributed by atoms with Gasteiger partial charge in [-0.25, -0.2) is 4.39 Å². The summed E-state index contributed by atoms with van der Waals surface area (Å²) in [5.41, 5.74) is 6.81. The molecule has 1 aromatic heterocycles. The lowest BCUT2D eigenvalue weighted by molar-refractivity contribution is 0.0939. The molecule has 98 valence electrons. The molecule has 0 fully saturated rings. The third-order valence-electron chi connectivity index (χ3n) is 2.71. The van der Waals surface area contributed by atoms with Crippen molar-refractivity contribution in [1.29, 1.82) is 0 Å². The van der Waals surface area contributed by atoms with Gasteiger partial charge in [0.05, 0.1) is 6.04 Å². The number of amides is 1. The van der Waals surface area contributed by atoms with Gasteiger partial charge in [0.1, 0.15) is 5.82 Å². The number of carbonyl (C=O) groups is 1. The quantitative estimate of drug-likeness (QED) is 0.831.